The fourth-order valence-corrected chi connectivity index (χ4v) is 3.45. The predicted molar refractivity (Wildman–Crippen MR) is 84.3 cm³/mol. The van der Waals surface area contributed by atoms with Crippen molar-refractivity contribution in [1.29, 1.82) is 0 Å². The Labute approximate surface area is 126 Å². The molecule has 4 heterocycles. The number of thiazole rings is 1. The molecule has 0 bridgehead atoms. The van der Waals surface area contributed by atoms with E-state index >= 15 is 0 Å². The van der Waals surface area contributed by atoms with Gasteiger partial charge >= 0.3 is 0 Å². The lowest BCUT2D eigenvalue weighted by atomic mass is 10.3. The number of piperazine rings is 1. The highest BCUT2D eigenvalue weighted by molar-refractivity contribution is 7.13. The Balaban J connectivity index is 1.57. The predicted octanol–water partition coefficient (Wildman–Crippen LogP) is 1.82. The second-order valence-corrected chi connectivity index (χ2v) is 6.03. The number of hydrogen-bond donors (Lipinski definition) is 0. The molecule has 0 radical (unpaired) electrons. The first-order valence-corrected chi connectivity index (χ1v) is 7.89. The number of anilines is 2. The van der Waals surface area contributed by atoms with Gasteiger partial charge < -0.3 is 9.80 Å². The van der Waals surface area contributed by atoms with E-state index in [4.69, 9.17) is 0 Å². The van der Waals surface area contributed by atoms with Crippen molar-refractivity contribution < 1.29 is 0 Å². The number of fused-ring (bicyclic) bond motifs is 1. The molecule has 1 saturated heterocycles. The van der Waals surface area contributed by atoms with Gasteiger partial charge in [0.05, 0.1) is 5.69 Å². The van der Waals surface area contributed by atoms with E-state index in [0.29, 0.717) is 0 Å². The molecule has 3 aromatic rings. The number of hydrogen-bond acceptors (Lipinski definition) is 6. The van der Waals surface area contributed by atoms with Crippen molar-refractivity contribution in [2.45, 2.75) is 6.92 Å². The highest BCUT2D eigenvalue weighted by atomic mass is 32.1. The SMILES string of the molecule is Cc1cc2c(N3CCN(c4nccs4)CC3)nccn2n1. The largest absolute Gasteiger partial charge is 0.351 e. The minimum atomic E-state index is 0.955. The first-order valence-electron chi connectivity index (χ1n) is 7.01. The van der Waals surface area contributed by atoms with Gasteiger partial charge in [-0.05, 0) is 13.0 Å². The van der Waals surface area contributed by atoms with Gasteiger partial charge in [-0.15, -0.1) is 11.3 Å². The Morgan fingerprint density at radius 3 is 2.62 bits per heavy atom. The monoisotopic (exact) mass is 300 g/mol. The van der Waals surface area contributed by atoms with Gasteiger partial charge in [-0.1, -0.05) is 0 Å². The van der Waals surface area contributed by atoms with E-state index in [2.05, 4.69) is 30.9 Å². The summed E-state index contributed by atoms with van der Waals surface area (Å²) in [5.74, 6) is 1.02. The Kier molecular flexibility index (Phi) is 2.99. The molecule has 108 valence electrons. The van der Waals surface area contributed by atoms with Crippen LogP contribution in [0.15, 0.2) is 30.0 Å². The van der Waals surface area contributed by atoms with Crippen LogP contribution in [0.3, 0.4) is 0 Å². The maximum Gasteiger partial charge on any atom is 0.185 e. The Morgan fingerprint density at radius 2 is 1.86 bits per heavy atom. The summed E-state index contributed by atoms with van der Waals surface area (Å²) in [6.07, 6.45) is 5.59. The van der Waals surface area contributed by atoms with Gasteiger partial charge in [0.2, 0.25) is 0 Å². The first-order chi connectivity index (χ1) is 10.3. The molecule has 21 heavy (non-hydrogen) atoms. The molecule has 4 rings (SSSR count). The van der Waals surface area contributed by atoms with Crippen LogP contribution in [0, 0.1) is 6.92 Å². The van der Waals surface area contributed by atoms with Crippen LogP contribution in [0.5, 0.6) is 0 Å². The lowest BCUT2D eigenvalue weighted by molar-refractivity contribution is 0.646. The summed E-state index contributed by atoms with van der Waals surface area (Å²) in [7, 11) is 0. The lowest BCUT2D eigenvalue weighted by Crippen LogP contribution is -2.47. The highest BCUT2D eigenvalue weighted by Gasteiger charge is 2.21. The van der Waals surface area contributed by atoms with E-state index in [-0.39, 0.29) is 0 Å². The van der Waals surface area contributed by atoms with Crippen molar-refractivity contribution >= 4 is 27.8 Å². The van der Waals surface area contributed by atoms with Gasteiger partial charge in [0, 0.05) is 50.1 Å². The normalized spacial score (nSPS) is 15.9. The number of nitrogens with zero attached hydrogens (tertiary/aromatic N) is 6. The average molecular weight is 300 g/mol. The molecule has 0 N–H and O–H groups in total. The molecule has 1 aliphatic rings. The molecule has 0 atom stereocenters. The molecule has 0 spiro atoms. The Morgan fingerprint density at radius 1 is 1.05 bits per heavy atom. The molecular formula is C14H16N6S. The molecule has 1 aliphatic heterocycles. The van der Waals surface area contributed by atoms with Crippen molar-refractivity contribution in [2.24, 2.45) is 0 Å². The minimum Gasteiger partial charge on any atom is -0.351 e. The maximum atomic E-state index is 4.57. The van der Waals surface area contributed by atoms with Crippen LogP contribution >= 0.6 is 11.3 Å². The quantitative estimate of drug-likeness (QED) is 0.722. The standard InChI is InChI=1S/C14H16N6S/c1-11-10-12-13(15-2-4-20(12)17-11)18-5-7-19(8-6-18)14-16-3-9-21-14/h2-4,9-10H,5-8H2,1H3. The second kappa shape index (κ2) is 5.00. The van der Waals surface area contributed by atoms with Crippen molar-refractivity contribution in [1.82, 2.24) is 19.6 Å². The molecule has 0 unspecified atom stereocenters. The summed E-state index contributed by atoms with van der Waals surface area (Å²) in [5, 5.41) is 7.59. The van der Waals surface area contributed by atoms with Gasteiger partial charge in [-0.2, -0.15) is 5.10 Å². The van der Waals surface area contributed by atoms with Crippen LogP contribution in [0.4, 0.5) is 10.9 Å². The van der Waals surface area contributed by atoms with Crippen LogP contribution in [0.25, 0.3) is 5.52 Å². The molecule has 3 aromatic heterocycles. The van der Waals surface area contributed by atoms with Gasteiger partial charge in [-0.3, -0.25) is 0 Å². The number of aromatic nitrogens is 4. The van der Waals surface area contributed by atoms with E-state index in [9.17, 15) is 0 Å². The summed E-state index contributed by atoms with van der Waals surface area (Å²) in [4.78, 5) is 13.6. The molecule has 0 saturated carbocycles. The van der Waals surface area contributed by atoms with Crippen molar-refractivity contribution in [3.63, 3.8) is 0 Å². The first kappa shape index (κ1) is 12.6. The van der Waals surface area contributed by atoms with Crippen LogP contribution in [0.1, 0.15) is 5.69 Å². The van der Waals surface area contributed by atoms with E-state index in [1.54, 1.807) is 11.3 Å². The summed E-state index contributed by atoms with van der Waals surface area (Å²) < 4.78 is 1.91. The van der Waals surface area contributed by atoms with Crippen LogP contribution in [-0.4, -0.2) is 45.8 Å². The van der Waals surface area contributed by atoms with Crippen molar-refractivity contribution in [3.8, 4) is 0 Å². The van der Waals surface area contributed by atoms with Gasteiger partial charge in [-0.25, -0.2) is 14.5 Å². The van der Waals surface area contributed by atoms with Gasteiger partial charge in [0.25, 0.3) is 0 Å². The topological polar surface area (TPSA) is 49.6 Å². The summed E-state index contributed by atoms with van der Waals surface area (Å²) in [5.41, 5.74) is 2.10. The van der Waals surface area contributed by atoms with Crippen LogP contribution in [0.2, 0.25) is 0 Å². The molecule has 6 nitrogen and oxygen atoms in total. The van der Waals surface area contributed by atoms with Crippen LogP contribution < -0.4 is 9.80 Å². The zero-order valence-corrected chi connectivity index (χ0v) is 12.6. The zero-order valence-electron chi connectivity index (χ0n) is 11.8. The van der Waals surface area contributed by atoms with E-state index in [0.717, 1.165) is 48.3 Å². The molecule has 0 amide bonds. The van der Waals surface area contributed by atoms with Gasteiger partial charge in [0.1, 0.15) is 5.52 Å². The molecule has 0 aliphatic carbocycles. The number of aryl methyl sites for hydroxylation is 1. The van der Waals surface area contributed by atoms with Crippen molar-refractivity contribution in [2.75, 3.05) is 36.0 Å². The van der Waals surface area contributed by atoms with E-state index in [1.165, 1.54) is 0 Å². The molecule has 7 heteroatoms. The molecular weight excluding hydrogens is 284 g/mol. The maximum absolute atomic E-state index is 4.57. The Bertz CT molecular complexity index is 742. The number of rotatable bonds is 2. The van der Waals surface area contributed by atoms with E-state index < -0.39 is 0 Å². The average Bonchev–Trinajstić information content (AvgIpc) is 3.15. The second-order valence-electron chi connectivity index (χ2n) is 5.16. The Hall–Kier alpha value is -2.15. The smallest absolute Gasteiger partial charge is 0.185 e. The fraction of sp³-hybridized carbons (Fsp3) is 0.357. The molecule has 1 fully saturated rings. The summed E-state index contributed by atoms with van der Waals surface area (Å²) in [6.45, 7) is 5.87. The third-order valence-electron chi connectivity index (χ3n) is 3.76. The highest BCUT2D eigenvalue weighted by Crippen LogP contribution is 2.23. The summed E-state index contributed by atoms with van der Waals surface area (Å²) in [6, 6.07) is 2.09. The van der Waals surface area contributed by atoms with Crippen molar-refractivity contribution in [3.05, 3.63) is 35.7 Å². The van der Waals surface area contributed by atoms with E-state index in [1.807, 2.05) is 35.4 Å². The third kappa shape index (κ3) is 2.23. The minimum absolute atomic E-state index is 0.955. The fourth-order valence-electron chi connectivity index (χ4n) is 2.76. The summed E-state index contributed by atoms with van der Waals surface area (Å²) >= 11 is 1.70. The lowest BCUT2D eigenvalue weighted by Gasteiger charge is -2.35. The third-order valence-corrected chi connectivity index (χ3v) is 4.59. The molecule has 0 aromatic carbocycles. The van der Waals surface area contributed by atoms with Crippen LogP contribution in [-0.2, 0) is 0 Å². The zero-order chi connectivity index (χ0) is 14.2. The van der Waals surface area contributed by atoms with Gasteiger partial charge in [0.15, 0.2) is 10.9 Å².